The maximum Gasteiger partial charge on any atom is 0.137 e. The van der Waals surface area contributed by atoms with Crippen molar-refractivity contribution in [3.8, 4) is 6.07 Å². The number of halogens is 1. The highest BCUT2D eigenvalue weighted by molar-refractivity contribution is 7.99. The molecule has 0 amide bonds. The van der Waals surface area contributed by atoms with Crippen molar-refractivity contribution in [2.75, 3.05) is 0 Å². The zero-order valence-electron chi connectivity index (χ0n) is 9.27. The third-order valence-corrected chi connectivity index (χ3v) is 3.59. The first-order chi connectivity index (χ1) is 8.20. The molecule has 0 unspecified atom stereocenters. The summed E-state index contributed by atoms with van der Waals surface area (Å²) in [6.45, 7) is 1.92. The highest BCUT2D eigenvalue weighted by Gasteiger charge is 2.06. The van der Waals surface area contributed by atoms with E-state index in [9.17, 15) is 4.39 Å². The average Bonchev–Trinajstić information content (AvgIpc) is 2.34. The average molecular weight is 243 g/mol. The van der Waals surface area contributed by atoms with Crippen LogP contribution in [0.25, 0.3) is 0 Å². The van der Waals surface area contributed by atoms with Crippen LogP contribution in [0.2, 0.25) is 0 Å². The normalized spacial score (nSPS) is 9.94. The summed E-state index contributed by atoms with van der Waals surface area (Å²) in [6.07, 6.45) is 0. The highest BCUT2D eigenvalue weighted by Crippen LogP contribution is 2.32. The SMILES string of the molecule is Cc1cc(C#N)ccc1Sc1ccccc1F. The summed E-state index contributed by atoms with van der Waals surface area (Å²) in [7, 11) is 0. The van der Waals surface area contributed by atoms with Crippen LogP contribution in [0.1, 0.15) is 11.1 Å². The van der Waals surface area contributed by atoms with Crippen LogP contribution in [-0.4, -0.2) is 0 Å². The van der Waals surface area contributed by atoms with Gasteiger partial charge in [0.05, 0.1) is 11.6 Å². The Balaban J connectivity index is 2.32. The van der Waals surface area contributed by atoms with E-state index in [-0.39, 0.29) is 5.82 Å². The number of benzene rings is 2. The largest absolute Gasteiger partial charge is 0.206 e. The first-order valence-corrected chi connectivity index (χ1v) is 5.95. The van der Waals surface area contributed by atoms with Gasteiger partial charge >= 0.3 is 0 Å². The first-order valence-electron chi connectivity index (χ1n) is 5.14. The summed E-state index contributed by atoms with van der Waals surface area (Å²) >= 11 is 1.38. The van der Waals surface area contributed by atoms with Crippen molar-refractivity contribution in [3.05, 3.63) is 59.4 Å². The van der Waals surface area contributed by atoms with E-state index in [1.165, 1.54) is 17.8 Å². The zero-order chi connectivity index (χ0) is 12.3. The van der Waals surface area contributed by atoms with E-state index in [1.54, 1.807) is 18.2 Å². The van der Waals surface area contributed by atoms with Gasteiger partial charge in [0.1, 0.15) is 5.82 Å². The molecule has 17 heavy (non-hydrogen) atoms. The number of hydrogen-bond donors (Lipinski definition) is 0. The smallest absolute Gasteiger partial charge is 0.137 e. The van der Waals surface area contributed by atoms with Crippen LogP contribution < -0.4 is 0 Å². The fourth-order valence-electron chi connectivity index (χ4n) is 1.48. The molecule has 0 aromatic heterocycles. The lowest BCUT2D eigenvalue weighted by Gasteiger charge is -2.06. The summed E-state index contributed by atoms with van der Waals surface area (Å²) in [5.41, 5.74) is 1.61. The summed E-state index contributed by atoms with van der Waals surface area (Å²) in [4.78, 5) is 1.56. The number of hydrogen-bond acceptors (Lipinski definition) is 2. The van der Waals surface area contributed by atoms with E-state index in [0.717, 1.165) is 10.5 Å². The van der Waals surface area contributed by atoms with Crippen LogP contribution in [0.3, 0.4) is 0 Å². The summed E-state index contributed by atoms with van der Waals surface area (Å²) in [6, 6.07) is 14.2. The molecular formula is C14H10FNS. The number of nitrogens with zero attached hydrogens (tertiary/aromatic N) is 1. The Labute approximate surface area is 104 Å². The van der Waals surface area contributed by atoms with E-state index < -0.39 is 0 Å². The second kappa shape index (κ2) is 5.03. The van der Waals surface area contributed by atoms with E-state index in [4.69, 9.17) is 5.26 Å². The van der Waals surface area contributed by atoms with E-state index >= 15 is 0 Å². The minimum Gasteiger partial charge on any atom is -0.206 e. The minimum absolute atomic E-state index is 0.221. The van der Waals surface area contributed by atoms with Crippen molar-refractivity contribution >= 4 is 11.8 Å². The van der Waals surface area contributed by atoms with Gasteiger partial charge in [-0.15, -0.1) is 0 Å². The van der Waals surface area contributed by atoms with Gasteiger partial charge in [-0.25, -0.2) is 4.39 Å². The molecule has 2 aromatic rings. The van der Waals surface area contributed by atoms with Crippen LogP contribution >= 0.6 is 11.8 Å². The third-order valence-electron chi connectivity index (χ3n) is 2.36. The van der Waals surface area contributed by atoms with Gasteiger partial charge in [0.2, 0.25) is 0 Å². The van der Waals surface area contributed by atoms with Crippen LogP contribution in [0.4, 0.5) is 4.39 Å². The predicted molar refractivity (Wildman–Crippen MR) is 66.4 cm³/mol. The molecule has 0 aliphatic rings. The van der Waals surface area contributed by atoms with Crippen LogP contribution in [0.5, 0.6) is 0 Å². The Morgan fingerprint density at radius 2 is 1.88 bits per heavy atom. The van der Waals surface area contributed by atoms with Gasteiger partial charge in [0, 0.05) is 9.79 Å². The van der Waals surface area contributed by atoms with Gasteiger partial charge in [0.15, 0.2) is 0 Å². The molecule has 0 aliphatic heterocycles. The van der Waals surface area contributed by atoms with Crippen molar-refractivity contribution in [2.45, 2.75) is 16.7 Å². The van der Waals surface area contributed by atoms with Crippen molar-refractivity contribution < 1.29 is 4.39 Å². The monoisotopic (exact) mass is 243 g/mol. The van der Waals surface area contributed by atoms with Gasteiger partial charge in [-0.1, -0.05) is 23.9 Å². The molecule has 0 spiro atoms. The second-order valence-electron chi connectivity index (χ2n) is 3.62. The quantitative estimate of drug-likeness (QED) is 0.790. The summed E-state index contributed by atoms with van der Waals surface area (Å²) < 4.78 is 13.5. The van der Waals surface area contributed by atoms with Crippen LogP contribution in [0.15, 0.2) is 52.3 Å². The molecule has 2 aromatic carbocycles. The lowest BCUT2D eigenvalue weighted by atomic mass is 10.2. The molecule has 0 heterocycles. The van der Waals surface area contributed by atoms with E-state index in [1.807, 2.05) is 25.1 Å². The van der Waals surface area contributed by atoms with Gasteiger partial charge in [-0.2, -0.15) is 5.26 Å². The number of rotatable bonds is 2. The van der Waals surface area contributed by atoms with Crippen molar-refractivity contribution in [1.82, 2.24) is 0 Å². The number of nitriles is 1. The fourth-order valence-corrected chi connectivity index (χ4v) is 2.38. The van der Waals surface area contributed by atoms with E-state index in [0.29, 0.717) is 10.5 Å². The molecule has 3 heteroatoms. The minimum atomic E-state index is -0.221. The molecule has 0 bridgehead atoms. The molecule has 0 aliphatic carbocycles. The maximum absolute atomic E-state index is 13.5. The predicted octanol–water partition coefficient (Wildman–Crippen LogP) is 4.16. The molecule has 0 fully saturated rings. The van der Waals surface area contributed by atoms with Gasteiger partial charge in [-0.3, -0.25) is 0 Å². The van der Waals surface area contributed by atoms with Crippen molar-refractivity contribution in [1.29, 1.82) is 5.26 Å². The molecule has 0 radical (unpaired) electrons. The Morgan fingerprint density at radius 1 is 1.12 bits per heavy atom. The Bertz CT molecular complexity index is 587. The van der Waals surface area contributed by atoms with Crippen molar-refractivity contribution in [3.63, 3.8) is 0 Å². The van der Waals surface area contributed by atoms with Gasteiger partial charge in [-0.05, 0) is 42.8 Å². The molecule has 84 valence electrons. The van der Waals surface area contributed by atoms with E-state index in [2.05, 4.69) is 6.07 Å². The standard InChI is InChI=1S/C14H10FNS/c1-10-8-11(9-16)6-7-13(10)17-14-5-3-2-4-12(14)15/h2-8H,1H3. The van der Waals surface area contributed by atoms with Crippen LogP contribution in [0, 0.1) is 24.1 Å². The van der Waals surface area contributed by atoms with Gasteiger partial charge < -0.3 is 0 Å². The zero-order valence-corrected chi connectivity index (χ0v) is 10.1. The lowest BCUT2D eigenvalue weighted by molar-refractivity contribution is 0.602. The molecule has 1 nitrogen and oxygen atoms in total. The number of aryl methyl sites for hydroxylation is 1. The molecule has 0 saturated carbocycles. The third kappa shape index (κ3) is 2.66. The summed E-state index contributed by atoms with van der Waals surface area (Å²) in [5.74, 6) is -0.221. The topological polar surface area (TPSA) is 23.8 Å². The molecule has 0 atom stereocenters. The highest BCUT2D eigenvalue weighted by atomic mass is 32.2. The molecule has 2 rings (SSSR count). The Kier molecular flexibility index (Phi) is 3.46. The summed E-state index contributed by atoms with van der Waals surface area (Å²) in [5, 5.41) is 8.77. The Morgan fingerprint density at radius 3 is 2.53 bits per heavy atom. The second-order valence-corrected chi connectivity index (χ2v) is 4.71. The molecule has 0 saturated heterocycles. The molecule has 0 N–H and O–H groups in total. The van der Waals surface area contributed by atoms with Gasteiger partial charge in [0.25, 0.3) is 0 Å². The maximum atomic E-state index is 13.5. The van der Waals surface area contributed by atoms with Crippen molar-refractivity contribution in [2.24, 2.45) is 0 Å². The fraction of sp³-hybridized carbons (Fsp3) is 0.0714. The van der Waals surface area contributed by atoms with Crippen LogP contribution in [-0.2, 0) is 0 Å². The lowest BCUT2D eigenvalue weighted by Crippen LogP contribution is -1.84. The molecular weight excluding hydrogens is 233 g/mol. The first kappa shape index (κ1) is 11.7. The Hall–Kier alpha value is -1.79.